The molecule has 1 aromatic carbocycles. The molecule has 0 radical (unpaired) electrons. The molecule has 4 nitrogen and oxygen atoms in total. The van der Waals surface area contributed by atoms with Crippen molar-refractivity contribution in [2.24, 2.45) is 11.7 Å². The second-order valence-corrected chi connectivity index (χ2v) is 3.81. The molecule has 0 spiro atoms. The molecule has 1 aliphatic carbocycles. The van der Waals surface area contributed by atoms with Crippen molar-refractivity contribution in [3.8, 4) is 0 Å². The second kappa shape index (κ2) is 3.58. The van der Waals surface area contributed by atoms with Crippen LogP contribution in [0.1, 0.15) is 17.9 Å². The van der Waals surface area contributed by atoms with E-state index in [0.717, 1.165) is 12.0 Å². The standard InChI is InChI=1S/C10H11FN2O2/c11-9-4-6(8-3-7(8)5-12)1-2-10(9)13(14)15/h1-2,4,7-8H,3,5,12H2. The molecular weight excluding hydrogens is 199 g/mol. The van der Waals surface area contributed by atoms with E-state index in [2.05, 4.69) is 0 Å². The van der Waals surface area contributed by atoms with Crippen LogP contribution in [0.25, 0.3) is 0 Å². The van der Waals surface area contributed by atoms with E-state index in [4.69, 9.17) is 5.73 Å². The normalized spacial score (nSPS) is 23.9. The van der Waals surface area contributed by atoms with Crippen LogP contribution < -0.4 is 5.73 Å². The van der Waals surface area contributed by atoms with Crippen LogP contribution in [-0.2, 0) is 0 Å². The first kappa shape index (κ1) is 10.0. The van der Waals surface area contributed by atoms with Gasteiger partial charge in [0.25, 0.3) is 0 Å². The predicted octanol–water partition coefficient (Wildman–Crippen LogP) is 1.80. The van der Waals surface area contributed by atoms with Crippen LogP contribution >= 0.6 is 0 Å². The highest BCUT2D eigenvalue weighted by atomic mass is 19.1. The molecule has 2 unspecified atom stereocenters. The monoisotopic (exact) mass is 210 g/mol. The lowest BCUT2D eigenvalue weighted by Crippen LogP contribution is -2.02. The number of nitro groups is 1. The topological polar surface area (TPSA) is 69.2 Å². The molecule has 0 aliphatic heterocycles. The van der Waals surface area contributed by atoms with Crippen LogP contribution in [0, 0.1) is 21.8 Å². The zero-order valence-electron chi connectivity index (χ0n) is 8.02. The number of nitrogens with zero attached hydrogens (tertiary/aromatic N) is 1. The third-order valence-electron chi connectivity index (χ3n) is 2.82. The average Bonchev–Trinajstić information content (AvgIpc) is 2.95. The van der Waals surface area contributed by atoms with E-state index in [1.165, 1.54) is 12.1 Å². The summed E-state index contributed by atoms with van der Waals surface area (Å²) in [4.78, 5) is 9.67. The number of benzene rings is 1. The number of halogens is 1. The fraction of sp³-hybridized carbons (Fsp3) is 0.400. The number of nitro benzene ring substituents is 1. The summed E-state index contributed by atoms with van der Waals surface area (Å²) >= 11 is 0. The summed E-state index contributed by atoms with van der Waals surface area (Å²) in [6, 6.07) is 4.08. The summed E-state index contributed by atoms with van der Waals surface area (Å²) in [5, 5.41) is 10.4. The Balaban J connectivity index is 2.23. The van der Waals surface area contributed by atoms with Crippen molar-refractivity contribution in [3.05, 3.63) is 39.7 Å². The van der Waals surface area contributed by atoms with E-state index in [-0.39, 0.29) is 5.92 Å². The molecule has 0 aromatic heterocycles. The van der Waals surface area contributed by atoms with Crippen molar-refractivity contribution in [3.63, 3.8) is 0 Å². The number of nitrogens with two attached hydrogens (primary N) is 1. The van der Waals surface area contributed by atoms with Crippen molar-refractivity contribution in [1.82, 2.24) is 0 Å². The minimum Gasteiger partial charge on any atom is -0.330 e. The predicted molar refractivity (Wildman–Crippen MR) is 53.0 cm³/mol. The van der Waals surface area contributed by atoms with E-state index in [1.54, 1.807) is 6.07 Å². The first-order valence-corrected chi connectivity index (χ1v) is 4.77. The number of rotatable bonds is 3. The Morgan fingerprint density at radius 1 is 1.60 bits per heavy atom. The largest absolute Gasteiger partial charge is 0.330 e. The van der Waals surface area contributed by atoms with Crippen molar-refractivity contribution >= 4 is 5.69 Å². The Kier molecular flexibility index (Phi) is 2.40. The van der Waals surface area contributed by atoms with Crippen molar-refractivity contribution in [1.29, 1.82) is 0 Å². The van der Waals surface area contributed by atoms with Gasteiger partial charge in [0.2, 0.25) is 5.82 Å². The van der Waals surface area contributed by atoms with Crippen LogP contribution in [-0.4, -0.2) is 11.5 Å². The highest BCUT2D eigenvalue weighted by Crippen LogP contribution is 2.47. The summed E-state index contributed by atoms with van der Waals surface area (Å²) in [5.74, 6) is -0.0728. The van der Waals surface area contributed by atoms with Gasteiger partial charge in [0, 0.05) is 6.07 Å². The molecule has 0 bridgehead atoms. The van der Waals surface area contributed by atoms with Crippen LogP contribution in [0.2, 0.25) is 0 Å². The van der Waals surface area contributed by atoms with E-state index in [9.17, 15) is 14.5 Å². The smallest absolute Gasteiger partial charge is 0.304 e. The van der Waals surface area contributed by atoms with Gasteiger partial charge in [-0.05, 0) is 36.4 Å². The second-order valence-electron chi connectivity index (χ2n) is 3.81. The molecule has 2 atom stereocenters. The molecule has 1 aliphatic rings. The fourth-order valence-electron chi connectivity index (χ4n) is 1.82. The van der Waals surface area contributed by atoms with Gasteiger partial charge in [0.15, 0.2) is 0 Å². The summed E-state index contributed by atoms with van der Waals surface area (Å²) < 4.78 is 13.2. The van der Waals surface area contributed by atoms with Gasteiger partial charge >= 0.3 is 5.69 Å². The van der Waals surface area contributed by atoms with Gasteiger partial charge in [0.1, 0.15) is 0 Å². The molecule has 2 rings (SSSR count). The third-order valence-corrected chi connectivity index (χ3v) is 2.82. The third kappa shape index (κ3) is 1.83. The number of hydrogen-bond acceptors (Lipinski definition) is 3. The van der Waals surface area contributed by atoms with E-state index >= 15 is 0 Å². The zero-order valence-corrected chi connectivity index (χ0v) is 8.02. The summed E-state index contributed by atoms with van der Waals surface area (Å²) in [5.41, 5.74) is 5.82. The molecule has 0 amide bonds. The molecule has 0 heterocycles. The Labute approximate surface area is 86.0 Å². The molecule has 80 valence electrons. The quantitative estimate of drug-likeness (QED) is 0.610. The summed E-state index contributed by atoms with van der Waals surface area (Å²) in [6.07, 6.45) is 0.952. The van der Waals surface area contributed by atoms with E-state index in [0.29, 0.717) is 12.5 Å². The average molecular weight is 210 g/mol. The maximum atomic E-state index is 13.2. The first-order valence-electron chi connectivity index (χ1n) is 4.77. The highest BCUT2D eigenvalue weighted by Gasteiger charge is 2.37. The van der Waals surface area contributed by atoms with E-state index < -0.39 is 16.4 Å². The Morgan fingerprint density at radius 2 is 2.33 bits per heavy atom. The minimum atomic E-state index is -0.764. The molecule has 15 heavy (non-hydrogen) atoms. The van der Waals surface area contributed by atoms with Gasteiger partial charge in [-0.1, -0.05) is 6.07 Å². The van der Waals surface area contributed by atoms with Crippen LogP contribution in [0.3, 0.4) is 0 Å². The first-order chi connectivity index (χ1) is 7.13. The number of hydrogen-bond donors (Lipinski definition) is 1. The van der Waals surface area contributed by atoms with Crippen LogP contribution in [0.4, 0.5) is 10.1 Å². The molecule has 0 saturated heterocycles. The Morgan fingerprint density at radius 3 is 2.80 bits per heavy atom. The summed E-state index contributed by atoms with van der Waals surface area (Å²) in [6.45, 7) is 0.587. The van der Waals surface area contributed by atoms with Gasteiger partial charge in [0.05, 0.1) is 4.92 Å². The van der Waals surface area contributed by atoms with Crippen LogP contribution in [0.15, 0.2) is 18.2 Å². The lowest BCUT2D eigenvalue weighted by atomic mass is 10.1. The molecule has 1 saturated carbocycles. The van der Waals surface area contributed by atoms with E-state index in [1.807, 2.05) is 0 Å². The molecule has 2 N–H and O–H groups in total. The van der Waals surface area contributed by atoms with Gasteiger partial charge in [-0.25, -0.2) is 0 Å². The molecule has 1 fully saturated rings. The van der Waals surface area contributed by atoms with Crippen LogP contribution in [0.5, 0.6) is 0 Å². The van der Waals surface area contributed by atoms with Gasteiger partial charge in [-0.2, -0.15) is 4.39 Å². The van der Waals surface area contributed by atoms with Gasteiger partial charge in [-0.15, -0.1) is 0 Å². The molecular formula is C10H11FN2O2. The SMILES string of the molecule is NCC1CC1c1ccc([N+](=O)[O-])c(F)c1. The van der Waals surface area contributed by atoms with Crippen molar-refractivity contribution < 1.29 is 9.31 Å². The lowest BCUT2D eigenvalue weighted by Gasteiger charge is -2.00. The van der Waals surface area contributed by atoms with Gasteiger partial charge < -0.3 is 5.73 Å². The van der Waals surface area contributed by atoms with Gasteiger partial charge in [-0.3, -0.25) is 10.1 Å². The fourth-order valence-corrected chi connectivity index (χ4v) is 1.82. The Bertz CT molecular complexity index is 408. The molecule has 5 heteroatoms. The zero-order chi connectivity index (χ0) is 11.0. The van der Waals surface area contributed by atoms with Crippen molar-refractivity contribution in [2.45, 2.75) is 12.3 Å². The lowest BCUT2D eigenvalue weighted by molar-refractivity contribution is -0.387. The maximum Gasteiger partial charge on any atom is 0.304 e. The Hall–Kier alpha value is -1.49. The molecule has 1 aromatic rings. The van der Waals surface area contributed by atoms with Crippen molar-refractivity contribution in [2.75, 3.05) is 6.54 Å². The maximum absolute atomic E-state index is 13.2. The highest BCUT2D eigenvalue weighted by molar-refractivity contribution is 5.38. The summed E-state index contributed by atoms with van der Waals surface area (Å²) in [7, 11) is 0. The minimum absolute atomic E-state index is 0.283.